The molecule has 3 aromatic rings. The second-order valence-electron chi connectivity index (χ2n) is 15.8. The average molecular weight is 937 g/mol. The first-order valence-corrected chi connectivity index (χ1v) is 22.8. The summed E-state index contributed by atoms with van der Waals surface area (Å²) in [4.78, 5) is 62.7. The van der Waals surface area contributed by atoms with Crippen molar-refractivity contribution >= 4 is 35.5 Å². The zero-order valence-electron chi connectivity index (χ0n) is 38.6. The maximum atomic E-state index is 13.3. The summed E-state index contributed by atoms with van der Waals surface area (Å²) in [6.07, 6.45) is 0.0691. The first kappa shape index (κ1) is 53.9. The molecule has 0 heterocycles. The first-order valence-electron chi connectivity index (χ1n) is 22.8. The van der Waals surface area contributed by atoms with Crippen LogP contribution in [-0.2, 0) is 54.1 Å². The third-order valence-corrected chi connectivity index (χ3v) is 10.5. The van der Waals surface area contributed by atoms with Gasteiger partial charge in [0.1, 0.15) is 18.7 Å². The summed E-state index contributed by atoms with van der Waals surface area (Å²) in [6, 6.07) is 20.4. The Kier molecular flexibility index (Phi) is 25.2. The number of urea groups is 1. The summed E-state index contributed by atoms with van der Waals surface area (Å²) in [5, 5.41) is 22.7. The maximum Gasteiger partial charge on any atom is 0.407 e. The predicted molar refractivity (Wildman–Crippen MR) is 249 cm³/mol. The van der Waals surface area contributed by atoms with Gasteiger partial charge in [-0.25, -0.2) is 9.59 Å². The summed E-state index contributed by atoms with van der Waals surface area (Å²) >= 11 is 0. The normalized spacial score (nSPS) is 12.7. The first-order chi connectivity index (χ1) is 32.6. The molecule has 0 aromatic heterocycles. The maximum absolute atomic E-state index is 13.3. The lowest BCUT2D eigenvalue weighted by atomic mass is 9.98. The minimum atomic E-state index is -0.974. The molecule has 4 rings (SSSR count). The minimum absolute atomic E-state index is 0.0101. The number of nitrogens with one attached hydrogen (secondary N) is 5. The van der Waals surface area contributed by atoms with E-state index in [-0.39, 0.29) is 57.6 Å². The molecule has 19 heteroatoms. The second-order valence-corrected chi connectivity index (χ2v) is 15.8. The number of fused-ring (bicyclic) bond motifs is 3. The molecule has 0 spiro atoms. The van der Waals surface area contributed by atoms with E-state index in [1.807, 2.05) is 24.3 Å². The SMILES string of the molecule is CC(C)[C@H](NC(=O)CCOCCOCCOCCOCCOCCOCCNC(=O)OCC1c2ccccc2-c2ccccc21)C(=O)N[C@@H](CCCNC(N)=O)C(=O)Nc1ccc(CO)cc1. The van der Waals surface area contributed by atoms with Gasteiger partial charge < -0.3 is 70.6 Å². The van der Waals surface area contributed by atoms with Crippen molar-refractivity contribution in [2.45, 2.75) is 57.7 Å². The summed E-state index contributed by atoms with van der Waals surface area (Å²) in [5.74, 6) is -1.69. The molecule has 3 aromatic carbocycles. The average Bonchev–Trinajstić information content (AvgIpc) is 3.64. The van der Waals surface area contributed by atoms with Gasteiger partial charge in [0.25, 0.3) is 0 Å². The number of alkyl carbamates (subject to hydrolysis) is 1. The quantitative estimate of drug-likeness (QED) is 0.0426. The van der Waals surface area contributed by atoms with Gasteiger partial charge >= 0.3 is 12.1 Å². The smallest absolute Gasteiger partial charge is 0.407 e. The number of aliphatic hydroxyl groups is 1. The minimum Gasteiger partial charge on any atom is -0.449 e. The molecule has 2 atom stereocenters. The van der Waals surface area contributed by atoms with Crippen LogP contribution in [0.1, 0.15) is 55.7 Å². The van der Waals surface area contributed by atoms with Crippen LogP contribution < -0.4 is 32.3 Å². The number of nitrogens with two attached hydrogens (primary N) is 1. The molecular weight excluding hydrogens is 869 g/mol. The van der Waals surface area contributed by atoms with Crippen LogP contribution in [0.3, 0.4) is 0 Å². The van der Waals surface area contributed by atoms with Crippen LogP contribution in [0.15, 0.2) is 72.8 Å². The van der Waals surface area contributed by atoms with Crippen LogP contribution in [-0.4, -0.2) is 146 Å². The molecule has 0 unspecified atom stereocenters. The highest BCUT2D eigenvalue weighted by molar-refractivity contribution is 5.98. The highest BCUT2D eigenvalue weighted by Gasteiger charge is 2.30. The third-order valence-electron chi connectivity index (χ3n) is 10.5. The lowest BCUT2D eigenvalue weighted by Gasteiger charge is -2.25. The fourth-order valence-corrected chi connectivity index (χ4v) is 6.99. The van der Waals surface area contributed by atoms with Crippen LogP contribution in [0, 0.1) is 5.92 Å². The number of carbonyl (C=O) groups is 5. The van der Waals surface area contributed by atoms with E-state index < -0.39 is 41.9 Å². The van der Waals surface area contributed by atoms with Gasteiger partial charge in [0.2, 0.25) is 17.7 Å². The van der Waals surface area contributed by atoms with Crippen LogP contribution in [0.25, 0.3) is 11.1 Å². The number of ether oxygens (including phenoxy) is 7. The Hall–Kier alpha value is -5.67. The van der Waals surface area contributed by atoms with Crippen molar-refractivity contribution in [2.75, 3.05) is 104 Å². The molecule has 8 N–H and O–H groups in total. The summed E-state index contributed by atoms with van der Waals surface area (Å²) < 4.78 is 38.7. The van der Waals surface area contributed by atoms with E-state index in [4.69, 9.17) is 38.9 Å². The zero-order chi connectivity index (χ0) is 48.1. The summed E-state index contributed by atoms with van der Waals surface area (Å²) in [5.41, 5.74) is 11.0. The highest BCUT2D eigenvalue weighted by atomic mass is 16.6. The molecule has 67 heavy (non-hydrogen) atoms. The molecular formula is C48H68N6O13. The number of hydrogen-bond acceptors (Lipinski definition) is 13. The van der Waals surface area contributed by atoms with E-state index in [0.29, 0.717) is 90.3 Å². The Bertz CT molecular complexity index is 1910. The lowest BCUT2D eigenvalue weighted by Crippen LogP contribution is -2.54. The number of carbonyl (C=O) groups excluding carboxylic acids is 5. The number of amides is 6. The molecule has 0 saturated carbocycles. The van der Waals surface area contributed by atoms with Crippen LogP contribution >= 0.6 is 0 Å². The second kappa shape index (κ2) is 31.3. The van der Waals surface area contributed by atoms with Gasteiger partial charge in [0, 0.05) is 31.1 Å². The zero-order valence-corrected chi connectivity index (χ0v) is 38.6. The largest absolute Gasteiger partial charge is 0.449 e. The van der Waals surface area contributed by atoms with E-state index in [9.17, 15) is 29.1 Å². The monoisotopic (exact) mass is 936 g/mol. The molecule has 19 nitrogen and oxygen atoms in total. The molecule has 1 aliphatic carbocycles. The van der Waals surface area contributed by atoms with Crippen molar-refractivity contribution in [3.05, 3.63) is 89.5 Å². The van der Waals surface area contributed by atoms with Crippen molar-refractivity contribution in [3.63, 3.8) is 0 Å². The Morgan fingerprint density at radius 3 is 1.67 bits per heavy atom. The van der Waals surface area contributed by atoms with Crippen molar-refractivity contribution in [1.29, 1.82) is 0 Å². The number of benzene rings is 3. The number of rotatable bonds is 34. The van der Waals surface area contributed by atoms with Crippen molar-refractivity contribution < 1.29 is 62.2 Å². The molecule has 6 amide bonds. The van der Waals surface area contributed by atoms with E-state index in [2.05, 4.69) is 50.8 Å². The number of anilines is 1. The summed E-state index contributed by atoms with van der Waals surface area (Å²) in [7, 11) is 0. The Labute approximate surface area is 392 Å². The standard InChI is InChI=1S/C48H68N6O13/c1-34(2)44(46(58)53-42(12-7-18-50-47(49)59)45(57)52-36-15-13-35(32-55)14-16-36)54-43(56)17-20-61-22-24-63-26-28-65-30-31-66-29-27-64-25-23-62-21-19-51-48(60)67-33-41-39-10-5-3-8-37(39)38-9-4-6-11-40(38)41/h3-6,8-11,13-16,34,41-42,44,55H,7,12,17-33H2,1-2H3,(H,51,60)(H,52,57)(H,53,58)(H,54,56)(H3,49,50,59)/t42-,44-/m0/s1. The van der Waals surface area contributed by atoms with Gasteiger partial charge in [0.05, 0.1) is 85.9 Å². The van der Waals surface area contributed by atoms with Crippen molar-refractivity contribution in [2.24, 2.45) is 11.7 Å². The van der Waals surface area contributed by atoms with E-state index >= 15 is 0 Å². The number of primary amides is 1. The van der Waals surface area contributed by atoms with Gasteiger partial charge in [-0.3, -0.25) is 14.4 Å². The predicted octanol–water partition coefficient (Wildman–Crippen LogP) is 3.22. The topological polar surface area (TPSA) is 256 Å². The number of hydrogen-bond donors (Lipinski definition) is 7. The van der Waals surface area contributed by atoms with Crippen LogP contribution in [0.2, 0.25) is 0 Å². The molecule has 0 fully saturated rings. The Morgan fingerprint density at radius 1 is 0.627 bits per heavy atom. The Morgan fingerprint density at radius 2 is 1.15 bits per heavy atom. The van der Waals surface area contributed by atoms with E-state index in [0.717, 1.165) is 0 Å². The summed E-state index contributed by atoms with van der Waals surface area (Å²) in [6.45, 7) is 8.34. The van der Waals surface area contributed by atoms with Gasteiger partial charge in [0.15, 0.2) is 0 Å². The fraction of sp³-hybridized carbons (Fsp3) is 0.521. The van der Waals surface area contributed by atoms with Gasteiger partial charge in [-0.05, 0) is 58.7 Å². The van der Waals surface area contributed by atoms with Crippen LogP contribution in [0.4, 0.5) is 15.3 Å². The molecule has 0 aliphatic heterocycles. The van der Waals surface area contributed by atoms with E-state index in [1.165, 1.54) is 22.3 Å². The van der Waals surface area contributed by atoms with Crippen LogP contribution in [0.5, 0.6) is 0 Å². The molecule has 0 radical (unpaired) electrons. The lowest BCUT2D eigenvalue weighted by molar-refractivity contribution is -0.132. The van der Waals surface area contributed by atoms with Crippen molar-refractivity contribution in [3.8, 4) is 11.1 Å². The van der Waals surface area contributed by atoms with Gasteiger partial charge in [-0.15, -0.1) is 0 Å². The third kappa shape index (κ3) is 20.4. The molecule has 0 bridgehead atoms. The molecule has 1 aliphatic rings. The Balaban J connectivity index is 0.932. The van der Waals surface area contributed by atoms with Gasteiger partial charge in [-0.1, -0.05) is 74.5 Å². The number of aliphatic hydroxyl groups excluding tert-OH is 1. The molecule has 0 saturated heterocycles. The molecule has 368 valence electrons. The fourth-order valence-electron chi connectivity index (χ4n) is 6.99. The highest BCUT2D eigenvalue weighted by Crippen LogP contribution is 2.44. The van der Waals surface area contributed by atoms with Crippen molar-refractivity contribution in [1.82, 2.24) is 21.3 Å². The van der Waals surface area contributed by atoms with E-state index in [1.54, 1.807) is 38.1 Å². The van der Waals surface area contributed by atoms with Gasteiger partial charge in [-0.2, -0.15) is 0 Å².